The monoisotopic (exact) mass is 347 g/mol. The van der Waals surface area contributed by atoms with Crippen molar-refractivity contribution in [1.82, 2.24) is 4.73 Å². The molecule has 0 fully saturated rings. The molecule has 6 nitrogen and oxygen atoms in total. The number of carboxylic acid groups (broad SMARTS) is 1. The fraction of sp³-hybridized carbons (Fsp3) is 0.357. The van der Waals surface area contributed by atoms with Crippen molar-refractivity contribution < 1.29 is 49.5 Å². The second kappa shape index (κ2) is 8.00. The molecule has 0 bridgehead atoms. The van der Waals surface area contributed by atoms with Crippen LogP contribution >= 0.6 is 0 Å². The van der Waals surface area contributed by atoms with Gasteiger partial charge in [0.2, 0.25) is 0 Å². The number of hydrogen-bond acceptors (Lipinski definition) is 2. The smallest absolute Gasteiger partial charge is 0.304 e. The minimum Gasteiger partial charge on any atom is -1.00 e. The Hall–Kier alpha value is -1.79. The molecule has 0 saturated carbocycles. The molecule has 2 heterocycles. The van der Waals surface area contributed by atoms with E-state index in [2.05, 4.69) is 4.98 Å². The lowest BCUT2D eigenvalue weighted by Gasteiger charge is -2.10. The second-order valence-electron chi connectivity index (χ2n) is 4.89. The molecule has 122 valence electrons. The zero-order valence-corrected chi connectivity index (χ0v) is 14.1. The first-order valence-corrected chi connectivity index (χ1v) is 6.38. The number of H-pyrrole nitrogens is 1. The van der Waals surface area contributed by atoms with E-state index < -0.39 is 11.9 Å². The van der Waals surface area contributed by atoms with Gasteiger partial charge in [0.15, 0.2) is 18.1 Å². The molecule has 0 amide bonds. The Morgan fingerprint density at radius 2 is 2.05 bits per heavy atom. The molecule has 0 aliphatic heterocycles. The van der Waals surface area contributed by atoms with Crippen LogP contribution < -0.4 is 34.4 Å². The van der Waals surface area contributed by atoms with Gasteiger partial charge < -0.3 is 35.1 Å². The standard InChI is InChI=1S/C14H17N3O3.2ClH/c1-9-10(2)17(20)14(16(9)3)12(7-13(18)19)11-5-4-6-15-8-11;;/h4-6,8,12H,7H2,1-3H3,(H-,18,19,20);2*1H. The van der Waals surface area contributed by atoms with Crippen LogP contribution in [0.1, 0.15) is 35.1 Å². The summed E-state index contributed by atoms with van der Waals surface area (Å²) in [5.74, 6) is -0.773. The molecule has 2 aromatic rings. The van der Waals surface area contributed by atoms with Crippen molar-refractivity contribution in [3.63, 3.8) is 0 Å². The summed E-state index contributed by atoms with van der Waals surface area (Å²) < 4.78 is 2.91. The highest BCUT2D eigenvalue weighted by atomic mass is 35.5. The van der Waals surface area contributed by atoms with E-state index in [4.69, 9.17) is 5.11 Å². The fourth-order valence-corrected chi connectivity index (χ4v) is 2.42. The third kappa shape index (κ3) is 3.69. The Bertz CT molecular complexity index is 619. The predicted molar refractivity (Wildman–Crippen MR) is 69.4 cm³/mol. The van der Waals surface area contributed by atoms with E-state index in [0.29, 0.717) is 11.5 Å². The lowest BCUT2D eigenvalue weighted by atomic mass is 9.96. The van der Waals surface area contributed by atoms with E-state index in [1.807, 2.05) is 30.7 Å². The average molecular weight is 348 g/mol. The molecule has 0 aromatic carbocycles. The summed E-state index contributed by atoms with van der Waals surface area (Å²) in [4.78, 5) is 14.1. The molecule has 0 saturated heterocycles. The number of hydrogen-bond donors (Lipinski definition) is 2. The fourth-order valence-electron chi connectivity index (χ4n) is 2.42. The minimum atomic E-state index is -0.907. The van der Waals surface area contributed by atoms with Gasteiger partial charge in [-0.3, -0.25) is 4.79 Å². The van der Waals surface area contributed by atoms with Crippen LogP contribution in [-0.4, -0.2) is 21.0 Å². The molecule has 0 aliphatic rings. The van der Waals surface area contributed by atoms with Gasteiger partial charge in [-0.1, -0.05) is 0 Å². The SMILES string of the molecule is Cc1c(C)[n+](C)c(C(CC(=O)O)c2ccc[nH+]c2)n1O.[Cl-].[Cl-]. The maximum absolute atomic E-state index is 11.2. The summed E-state index contributed by atoms with van der Waals surface area (Å²) in [7, 11) is 1.83. The van der Waals surface area contributed by atoms with Crippen LogP contribution in [0.4, 0.5) is 0 Å². The number of halogens is 2. The zero-order chi connectivity index (χ0) is 14.9. The Balaban J connectivity index is 0.00000220. The van der Waals surface area contributed by atoms with E-state index in [0.717, 1.165) is 16.0 Å². The van der Waals surface area contributed by atoms with E-state index in [1.54, 1.807) is 19.3 Å². The average Bonchev–Trinajstić information content (AvgIpc) is 2.62. The van der Waals surface area contributed by atoms with Gasteiger partial charge in [-0.15, -0.1) is 0 Å². The number of nitrogens with one attached hydrogen (secondary N) is 1. The number of aromatic amines is 1. The summed E-state index contributed by atoms with van der Waals surface area (Å²) >= 11 is 0. The van der Waals surface area contributed by atoms with Gasteiger partial charge >= 0.3 is 11.8 Å². The molecular weight excluding hydrogens is 329 g/mol. The first-order chi connectivity index (χ1) is 9.43. The molecule has 1 atom stereocenters. The molecule has 22 heavy (non-hydrogen) atoms. The third-order valence-corrected chi connectivity index (χ3v) is 3.73. The van der Waals surface area contributed by atoms with Crippen molar-refractivity contribution in [2.75, 3.05) is 0 Å². The van der Waals surface area contributed by atoms with Crippen molar-refractivity contribution in [2.24, 2.45) is 7.05 Å². The Kier molecular flexibility index (Phi) is 7.35. The highest BCUT2D eigenvalue weighted by Gasteiger charge is 2.34. The third-order valence-electron chi connectivity index (χ3n) is 3.73. The van der Waals surface area contributed by atoms with E-state index in [1.165, 1.54) is 0 Å². The number of aromatic nitrogens is 3. The molecule has 0 radical (unpaired) electrons. The maximum Gasteiger partial charge on any atom is 0.304 e. The predicted octanol–water partition coefficient (Wildman–Crippen LogP) is -5.40. The van der Waals surface area contributed by atoms with Crippen molar-refractivity contribution in [3.8, 4) is 0 Å². The summed E-state index contributed by atoms with van der Waals surface area (Å²) in [5, 5.41) is 19.4. The van der Waals surface area contributed by atoms with Crippen molar-refractivity contribution in [3.05, 3.63) is 47.3 Å². The van der Waals surface area contributed by atoms with Gasteiger partial charge in [0.05, 0.1) is 13.5 Å². The number of pyridine rings is 1. The van der Waals surface area contributed by atoms with Crippen LogP contribution in [0.5, 0.6) is 0 Å². The molecule has 3 N–H and O–H groups in total. The van der Waals surface area contributed by atoms with Gasteiger partial charge in [-0.2, -0.15) is 0 Å². The molecule has 0 aliphatic carbocycles. The normalized spacial score (nSPS) is 11.2. The Morgan fingerprint density at radius 1 is 1.41 bits per heavy atom. The first-order valence-electron chi connectivity index (χ1n) is 6.38. The quantitative estimate of drug-likeness (QED) is 0.428. The van der Waals surface area contributed by atoms with Gasteiger partial charge in [-0.05, 0) is 10.8 Å². The van der Waals surface area contributed by atoms with Crippen molar-refractivity contribution >= 4 is 5.97 Å². The number of carboxylic acids is 1. The Morgan fingerprint density at radius 3 is 2.45 bits per heavy atom. The molecule has 0 spiro atoms. The maximum atomic E-state index is 11.2. The summed E-state index contributed by atoms with van der Waals surface area (Å²) in [5.41, 5.74) is 2.42. The molecule has 1 unspecified atom stereocenters. The van der Waals surface area contributed by atoms with E-state index >= 15 is 0 Å². The topological polar surface area (TPSA) is 80.5 Å². The van der Waals surface area contributed by atoms with Crippen LogP contribution in [-0.2, 0) is 11.8 Å². The van der Waals surface area contributed by atoms with E-state index in [9.17, 15) is 10.0 Å². The molecule has 2 aromatic heterocycles. The largest absolute Gasteiger partial charge is 1.00 e. The van der Waals surface area contributed by atoms with Crippen LogP contribution in [0.3, 0.4) is 0 Å². The van der Waals surface area contributed by atoms with Crippen molar-refractivity contribution in [2.45, 2.75) is 26.2 Å². The molecule has 8 heteroatoms. The van der Waals surface area contributed by atoms with Crippen molar-refractivity contribution in [1.29, 1.82) is 0 Å². The van der Waals surface area contributed by atoms with Gasteiger partial charge in [-0.25, -0.2) is 9.55 Å². The second-order valence-corrected chi connectivity index (χ2v) is 4.89. The van der Waals surface area contributed by atoms with Crippen LogP contribution in [0.2, 0.25) is 0 Å². The first kappa shape index (κ1) is 20.2. The molecular formula is C14H19Cl2N3O3. The lowest BCUT2D eigenvalue weighted by Crippen LogP contribution is -3.00. The minimum absolute atomic E-state index is 0. The lowest BCUT2D eigenvalue weighted by molar-refractivity contribution is -0.687. The summed E-state index contributed by atoms with van der Waals surface area (Å²) in [6, 6.07) is 3.66. The highest BCUT2D eigenvalue weighted by molar-refractivity contribution is 5.68. The Labute approximate surface area is 141 Å². The number of nitrogens with zero attached hydrogens (tertiary/aromatic N) is 2. The van der Waals surface area contributed by atoms with E-state index in [-0.39, 0.29) is 31.2 Å². The number of carbonyl (C=O) groups is 1. The van der Waals surface area contributed by atoms with Crippen LogP contribution in [0.15, 0.2) is 24.5 Å². The van der Waals surface area contributed by atoms with Gasteiger partial charge in [0, 0.05) is 25.5 Å². The van der Waals surface area contributed by atoms with Gasteiger partial charge in [0.25, 0.3) is 0 Å². The summed E-state index contributed by atoms with van der Waals surface area (Å²) in [6.07, 6.45) is 3.43. The number of rotatable bonds is 4. The highest BCUT2D eigenvalue weighted by Crippen LogP contribution is 2.26. The number of imidazole rings is 1. The summed E-state index contributed by atoms with van der Waals surface area (Å²) in [6.45, 7) is 3.69. The van der Waals surface area contributed by atoms with Gasteiger partial charge in [0.1, 0.15) is 11.6 Å². The zero-order valence-electron chi connectivity index (χ0n) is 12.5. The van der Waals surface area contributed by atoms with Crippen LogP contribution in [0.25, 0.3) is 0 Å². The molecule has 2 rings (SSSR count). The van der Waals surface area contributed by atoms with Crippen LogP contribution in [0, 0.1) is 13.8 Å². The number of aliphatic carboxylic acids is 1.